The maximum Gasteiger partial charge on any atom is 0.0961 e. The summed E-state index contributed by atoms with van der Waals surface area (Å²) >= 11 is 0. The van der Waals surface area contributed by atoms with Crippen molar-refractivity contribution in [1.29, 1.82) is 0 Å². The van der Waals surface area contributed by atoms with Crippen LogP contribution in [-0.4, -0.2) is 34.2 Å². The molecule has 0 amide bonds. The SMILES string of the molecule is CCC(C)(N)C1(O)CCN(Cc2ccccc2)C1. The molecule has 0 radical (unpaired) electrons. The molecule has 0 spiro atoms. The maximum absolute atomic E-state index is 10.7. The van der Waals surface area contributed by atoms with Crippen LogP contribution < -0.4 is 5.73 Å². The highest BCUT2D eigenvalue weighted by Gasteiger charge is 2.47. The van der Waals surface area contributed by atoms with Crippen molar-refractivity contribution in [3.63, 3.8) is 0 Å². The number of likely N-dealkylation sites (tertiary alicyclic amines) is 1. The first-order valence-electron chi connectivity index (χ1n) is 6.74. The van der Waals surface area contributed by atoms with Crippen LogP contribution in [0.3, 0.4) is 0 Å². The molecular weight excluding hydrogens is 224 g/mol. The molecule has 0 aromatic heterocycles. The van der Waals surface area contributed by atoms with Gasteiger partial charge in [0.05, 0.1) is 5.60 Å². The van der Waals surface area contributed by atoms with Gasteiger partial charge < -0.3 is 10.8 Å². The average molecular weight is 248 g/mol. The van der Waals surface area contributed by atoms with Crippen LogP contribution in [0.15, 0.2) is 30.3 Å². The molecule has 3 N–H and O–H groups in total. The van der Waals surface area contributed by atoms with Gasteiger partial charge in [0.1, 0.15) is 0 Å². The Morgan fingerprint density at radius 2 is 2.06 bits per heavy atom. The van der Waals surface area contributed by atoms with Crippen LogP contribution in [0.4, 0.5) is 0 Å². The number of nitrogens with zero attached hydrogens (tertiary/aromatic N) is 1. The highest BCUT2D eigenvalue weighted by atomic mass is 16.3. The second-order valence-electron chi connectivity index (χ2n) is 5.75. The van der Waals surface area contributed by atoms with E-state index in [0.29, 0.717) is 6.54 Å². The highest BCUT2D eigenvalue weighted by molar-refractivity contribution is 5.15. The van der Waals surface area contributed by atoms with E-state index in [1.165, 1.54) is 5.56 Å². The van der Waals surface area contributed by atoms with Crippen LogP contribution in [0.5, 0.6) is 0 Å². The molecule has 1 fully saturated rings. The van der Waals surface area contributed by atoms with Crippen molar-refractivity contribution in [3.05, 3.63) is 35.9 Å². The van der Waals surface area contributed by atoms with E-state index >= 15 is 0 Å². The summed E-state index contributed by atoms with van der Waals surface area (Å²) < 4.78 is 0. The van der Waals surface area contributed by atoms with Crippen molar-refractivity contribution >= 4 is 0 Å². The molecule has 1 aliphatic heterocycles. The van der Waals surface area contributed by atoms with E-state index in [-0.39, 0.29) is 0 Å². The summed E-state index contributed by atoms with van der Waals surface area (Å²) in [7, 11) is 0. The predicted octanol–water partition coefficient (Wildman–Crippen LogP) is 1.75. The molecule has 100 valence electrons. The van der Waals surface area contributed by atoms with Gasteiger partial charge in [0.25, 0.3) is 0 Å². The first-order chi connectivity index (χ1) is 8.47. The summed E-state index contributed by atoms with van der Waals surface area (Å²) in [6.45, 7) is 6.47. The van der Waals surface area contributed by atoms with Crippen LogP contribution in [0.2, 0.25) is 0 Å². The molecule has 0 aliphatic carbocycles. The summed E-state index contributed by atoms with van der Waals surface area (Å²) in [6.07, 6.45) is 1.56. The zero-order chi connectivity index (χ0) is 13.2. The second kappa shape index (κ2) is 5.00. The largest absolute Gasteiger partial charge is 0.387 e. The van der Waals surface area contributed by atoms with Gasteiger partial charge >= 0.3 is 0 Å². The molecular formula is C15H24N2O. The molecule has 0 saturated carbocycles. The van der Waals surface area contributed by atoms with Crippen LogP contribution in [0.1, 0.15) is 32.3 Å². The van der Waals surface area contributed by atoms with Gasteiger partial charge in [-0.25, -0.2) is 0 Å². The Kier molecular flexibility index (Phi) is 3.76. The van der Waals surface area contributed by atoms with E-state index in [1.807, 2.05) is 19.9 Å². The Labute approximate surface area is 110 Å². The van der Waals surface area contributed by atoms with Crippen molar-refractivity contribution in [1.82, 2.24) is 4.90 Å². The molecule has 1 saturated heterocycles. The Hall–Kier alpha value is -0.900. The lowest BCUT2D eigenvalue weighted by Gasteiger charge is -2.39. The third-order valence-electron chi connectivity index (χ3n) is 4.37. The average Bonchev–Trinajstić information content (AvgIpc) is 2.74. The van der Waals surface area contributed by atoms with Crippen LogP contribution in [0, 0.1) is 0 Å². The Morgan fingerprint density at radius 3 is 2.67 bits per heavy atom. The van der Waals surface area contributed by atoms with Crippen LogP contribution in [-0.2, 0) is 6.54 Å². The molecule has 2 unspecified atom stereocenters. The van der Waals surface area contributed by atoms with Gasteiger partial charge in [-0.1, -0.05) is 37.3 Å². The van der Waals surface area contributed by atoms with Gasteiger partial charge in [-0.3, -0.25) is 4.90 Å². The second-order valence-corrected chi connectivity index (χ2v) is 5.75. The fraction of sp³-hybridized carbons (Fsp3) is 0.600. The molecule has 0 bridgehead atoms. The van der Waals surface area contributed by atoms with Gasteiger partial charge in [-0.15, -0.1) is 0 Å². The molecule has 2 rings (SSSR count). The molecule has 2 atom stereocenters. The predicted molar refractivity (Wildman–Crippen MR) is 74.2 cm³/mol. The third kappa shape index (κ3) is 2.58. The molecule has 3 nitrogen and oxygen atoms in total. The summed E-state index contributed by atoms with van der Waals surface area (Å²) in [6, 6.07) is 10.4. The van der Waals surface area contributed by atoms with E-state index in [1.54, 1.807) is 0 Å². The lowest BCUT2D eigenvalue weighted by molar-refractivity contribution is -0.0214. The fourth-order valence-electron chi connectivity index (χ4n) is 2.64. The smallest absolute Gasteiger partial charge is 0.0961 e. The molecule has 3 heteroatoms. The summed E-state index contributed by atoms with van der Waals surface area (Å²) in [5.41, 5.74) is 6.27. The Morgan fingerprint density at radius 1 is 1.39 bits per heavy atom. The van der Waals surface area contributed by atoms with Crippen molar-refractivity contribution in [2.24, 2.45) is 5.73 Å². The van der Waals surface area contributed by atoms with Gasteiger partial charge in [0.15, 0.2) is 0 Å². The third-order valence-corrected chi connectivity index (χ3v) is 4.37. The normalized spacial score (nSPS) is 28.2. The molecule has 1 aliphatic rings. The van der Waals surface area contributed by atoms with Crippen molar-refractivity contribution in [2.45, 2.75) is 44.4 Å². The van der Waals surface area contributed by atoms with Gasteiger partial charge in [0.2, 0.25) is 0 Å². The zero-order valence-corrected chi connectivity index (χ0v) is 11.4. The minimum Gasteiger partial charge on any atom is -0.387 e. The van der Waals surface area contributed by atoms with Crippen molar-refractivity contribution < 1.29 is 5.11 Å². The van der Waals surface area contributed by atoms with E-state index in [9.17, 15) is 5.11 Å². The fourth-order valence-corrected chi connectivity index (χ4v) is 2.64. The maximum atomic E-state index is 10.7. The quantitative estimate of drug-likeness (QED) is 0.853. The molecule has 1 heterocycles. The van der Waals surface area contributed by atoms with Gasteiger partial charge in [0, 0.05) is 25.2 Å². The van der Waals surface area contributed by atoms with Gasteiger partial charge in [-0.2, -0.15) is 0 Å². The minimum atomic E-state index is -0.753. The molecule has 1 aromatic rings. The number of aliphatic hydroxyl groups is 1. The Bertz CT molecular complexity index is 391. The number of hydrogen-bond acceptors (Lipinski definition) is 3. The lowest BCUT2D eigenvalue weighted by atomic mass is 9.79. The lowest BCUT2D eigenvalue weighted by Crippen LogP contribution is -2.59. The zero-order valence-electron chi connectivity index (χ0n) is 11.4. The first-order valence-corrected chi connectivity index (χ1v) is 6.74. The van der Waals surface area contributed by atoms with E-state index < -0.39 is 11.1 Å². The summed E-state index contributed by atoms with van der Waals surface area (Å²) in [5, 5.41) is 10.7. The number of nitrogens with two attached hydrogens (primary N) is 1. The Balaban J connectivity index is 2.01. The van der Waals surface area contributed by atoms with E-state index in [4.69, 9.17) is 5.73 Å². The number of hydrogen-bond donors (Lipinski definition) is 2. The molecule has 18 heavy (non-hydrogen) atoms. The first kappa shape index (κ1) is 13.5. The summed E-state index contributed by atoms with van der Waals surface area (Å²) in [5.74, 6) is 0. The number of benzene rings is 1. The molecule has 1 aromatic carbocycles. The standard InChI is InChI=1S/C15H24N2O/c1-3-14(2,16)15(18)9-10-17(12-15)11-13-7-5-4-6-8-13/h4-8,18H,3,9-12,16H2,1-2H3. The van der Waals surface area contributed by atoms with Crippen LogP contribution in [0.25, 0.3) is 0 Å². The van der Waals surface area contributed by atoms with E-state index in [0.717, 1.165) is 25.9 Å². The highest BCUT2D eigenvalue weighted by Crippen LogP contribution is 2.33. The van der Waals surface area contributed by atoms with Crippen molar-refractivity contribution in [2.75, 3.05) is 13.1 Å². The topological polar surface area (TPSA) is 49.5 Å². The monoisotopic (exact) mass is 248 g/mol. The number of β-amino-alcohol motifs (C(OH)–C–C–N with tert-alkyl or cyclic N) is 1. The van der Waals surface area contributed by atoms with Gasteiger partial charge in [-0.05, 0) is 25.3 Å². The number of rotatable bonds is 4. The summed E-state index contributed by atoms with van der Waals surface area (Å²) in [4.78, 5) is 2.29. The van der Waals surface area contributed by atoms with E-state index in [2.05, 4.69) is 29.2 Å². The van der Waals surface area contributed by atoms with Crippen molar-refractivity contribution in [3.8, 4) is 0 Å². The van der Waals surface area contributed by atoms with Crippen LogP contribution >= 0.6 is 0 Å². The minimum absolute atomic E-state index is 0.502.